The van der Waals surface area contributed by atoms with Crippen LogP contribution in [0.1, 0.15) is 51.2 Å². The highest BCUT2D eigenvalue weighted by Gasteiger charge is 2.17. The molecule has 1 heteroatoms. The lowest BCUT2D eigenvalue weighted by Crippen LogP contribution is -2.10. The summed E-state index contributed by atoms with van der Waals surface area (Å²) in [4.78, 5) is 0. The Balaban J connectivity index is 2.91. The van der Waals surface area contributed by atoms with Gasteiger partial charge in [-0.3, -0.25) is 0 Å². The van der Waals surface area contributed by atoms with E-state index in [1.807, 2.05) is 6.07 Å². The average Bonchev–Trinajstić information content (AvgIpc) is 2.25. The standard InChI is InChI=1S/C15H24O/c1-11(2)8-15(12(3)4)14-7-5-6-13(9-14)10-16/h5-7,9,11-12,15-16H,8,10H2,1-4H3/t15-/m1/s1. The zero-order valence-corrected chi connectivity index (χ0v) is 10.9. The van der Waals surface area contributed by atoms with E-state index in [9.17, 15) is 0 Å². The van der Waals surface area contributed by atoms with Crippen LogP contribution in [0, 0.1) is 11.8 Å². The van der Waals surface area contributed by atoms with Gasteiger partial charge < -0.3 is 5.11 Å². The Morgan fingerprint density at radius 3 is 2.31 bits per heavy atom. The lowest BCUT2D eigenvalue weighted by molar-refractivity contribution is 0.281. The predicted molar refractivity (Wildman–Crippen MR) is 69.4 cm³/mol. The summed E-state index contributed by atoms with van der Waals surface area (Å²) >= 11 is 0. The number of hydrogen-bond donors (Lipinski definition) is 1. The monoisotopic (exact) mass is 220 g/mol. The van der Waals surface area contributed by atoms with Gasteiger partial charge >= 0.3 is 0 Å². The summed E-state index contributed by atoms with van der Waals surface area (Å²) < 4.78 is 0. The van der Waals surface area contributed by atoms with E-state index in [2.05, 4.69) is 45.9 Å². The van der Waals surface area contributed by atoms with Gasteiger partial charge in [0.15, 0.2) is 0 Å². The van der Waals surface area contributed by atoms with Crippen molar-refractivity contribution in [2.24, 2.45) is 11.8 Å². The molecule has 0 unspecified atom stereocenters. The van der Waals surface area contributed by atoms with Crippen molar-refractivity contribution in [3.8, 4) is 0 Å². The van der Waals surface area contributed by atoms with Gasteiger partial charge in [-0.25, -0.2) is 0 Å². The maximum absolute atomic E-state index is 9.16. The highest BCUT2D eigenvalue weighted by Crippen LogP contribution is 2.31. The zero-order chi connectivity index (χ0) is 12.1. The van der Waals surface area contributed by atoms with Crippen molar-refractivity contribution in [2.45, 2.75) is 46.6 Å². The Kier molecular flexibility index (Phi) is 5.01. The van der Waals surface area contributed by atoms with Gasteiger partial charge in [0.2, 0.25) is 0 Å². The lowest BCUT2D eigenvalue weighted by Gasteiger charge is -2.23. The van der Waals surface area contributed by atoms with Crippen LogP contribution in [0.3, 0.4) is 0 Å². The van der Waals surface area contributed by atoms with Crippen molar-refractivity contribution in [2.75, 3.05) is 0 Å². The molecular weight excluding hydrogens is 196 g/mol. The van der Waals surface area contributed by atoms with Crippen molar-refractivity contribution in [3.63, 3.8) is 0 Å². The number of hydrogen-bond acceptors (Lipinski definition) is 1. The van der Waals surface area contributed by atoms with Gasteiger partial charge in [-0.1, -0.05) is 52.0 Å². The van der Waals surface area contributed by atoms with Crippen LogP contribution in [0.4, 0.5) is 0 Å². The first-order valence-electron chi connectivity index (χ1n) is 6.24. The van der Waals surface area contributed by atoms with Crippen molar-refractivity contribution in [3.05, 3.63) is 35.4 Å². The highest BCUT2D eigenvalue weighted by atomic mass is 16.3. The minimum absolute atomic E-state index is 0.139. The fraction of sp³-hybridized carbons (Fsp3) is 0.600. The van der Waals surface area contributed by atoms with E-state index >= 15 is 0 Å². The zero-order valence-electron chi connectivity index (χ0n) is 10.9. The second-order valence-corrected chi connectivity index (χ2v) is 5.38. The summed E-state index contributed by atoms with van der Waals surface area (Å²) in [5.41, 5.74) is 2.39. The third-order valence-electron chi connectivity index (χ3n) is 3.09. The molecule has 1 aromatic carbocycles. The van der Waals surface area contributed by atoms with Crippen LogP contribution in [0.2, 0.25) is 0 Å². The molecular formula is C15H24O. The minimum atomic E-state index is 0.139. The summed E-state index contributed by atoms with van der Waals surface area (Å²) in [5.74, 6) is 1.97. The molecule has 0 saturated carbocycles. The van der Waals surface area contributed by atoms with E-state index in [1.54, 1.807) is 0 Å². The largest absolute Gasteiger partial charge is 0.392 e. The molecule has 0 heterocycles. The molecule has 1 aromatic rings. The van der Waals surface area contributed by atoms with Gasteiger partial charge in [0.05, 0.1) is 6.61 Å². The fourth-order valence-electron chi connectivity index (χ4n) is 2.22. The van der Waals surface area contributed by atoms with E-state index in [4.69, 9.17) is 5.11 Å². The molecule has 1 N–H and O–H groups in total. The van der Waals surface area contributed by atoms with Gasteiger partial charge in [-0.15, -0.1) is 0 Å². The van der Waals surface area contributed by atoms with Gasteiger partial charge in [0.1, 0.15) is 0 Å². The van der Waals surface area contributed by atoms with E-state index in [-0.39, 0.29) is 6.61 Å². The van der Waals surface area contributed by atoms with Crippen LogP contribution < -0.4 is 0 Å². The van der Waals surface area contributed by atoms with Crippen molar-refractivity contribution in [1.82, 2.24) is 0 Å². The third kappa shape index (κ3) is 3.64. The molecule has 0 aliphatic rings. The molecule has 0 bridgehead atoms. The van der Waals surface area contributed by atoms with Crippen LogP contribution in [-0.2, 0) is 6.61 Å². The SMILES string of the molecule is CC(C)C[C@@H](c1cccc(CO)c1)C(C)C. The molecule has 0 saturated heterocycles. The molecule has 0 aliphatic heterocycles. The Hall–Kier alpha value is -0.820. The van der Waals surface area contributed by atoms with Gasteiger partial charge in [-0.2, -0.15) is 0 Å². The van der Waals surface area contributed by atoms with Crippen LogP contribution in [-0.4, -0.2) is 5.11 Å². The fourth-order valence-corrected chi connectivity index (χ4v) is 2.22. The first-order valence-corrected chi connectivity index (χ1v) is 6.24. The second-order valence-electron chi connectivity index (χ2n) is 5.38. The molecule has 90 valence electrons. The summed E-state index contributed by atoms with van der Waals surface area (Å²) in [6, 6.07) is 8.37. The predicted octanol–water partition coefficient (Wildman–Crippen LogP) is 3.96. The van der Waals surface area contributed by atoms with Crippen molar-refractivity contribution < 1.29 is 5.11 Å². The molecule has 1 rings (SSSR count). The maximum Gasteiger partial charge on any atom is 0.0681 e. The molecule has 0 aromatic heterocycles. The van der Waals surface area contributed by atoms with Crippen molar-refractivity contribution >= 4 is 0 Å². The van der Waals surface area contributed by atoms with Crippen LogP contribution in [0.25, 0.3) is 0 Å². The number of benzene rings is 1. The third-order valence-corrected chi connectivity index (χ3v) is 3.09. The second kappa shape index (κ2) is 6.05. The first-order chi connectivity index (χ1) is 7.54. The molecule has 16 heavy (non-hydrogen) atoms. The number of aliphatic hydroxyl groups excluding tert-OH is 1. The molecule has 0 spiro atoms. The average molecular weight is 220 g/mol. The Morgan fingerprint density at radius 1 is 1.12 bits per heavy atom. The topological polar surface area (TPSA) is 20.2 Å². The van der Waals surface area contributed by atoms with Crippen LogP contribution in [0.5, 0.6) is 0 Å². The van der Waals surface area contributed by atoms with Gasteiger partial charge in [0, 0.05) is 0 Å². The van der Waals surface area contributed by atoms with Gasteiger partial charge in [0.25, 0.3) is 0 Å². The smallest absolute Gasteiger partial charge is 0.0681 e. The summed E-state index contributed by atoms with van der Waals surface area (Å²) in [7, 11) is 0. The Bertz CT molecular complexity index is 315. The normalized spacial score (nSPS) is 13.4. The van der Waals surface area contributed by atoms with E-state index < -0.39 is 0 Å². The van der Waals surface area contributed by atoms with Crippen molar-refractivity contribution in [1.29, 1.82) is 0 Å². The Labute approximate surface area is 99.5 Å². The van der Waals surface area contributed by atoms with Gasteiger partial charge in [-0.05, 0) is 35.3 Å². The summed E-state index contributed by atoms with van der Waals surface area (Å²) in [5, 5.41) is 9.16. The minimum Gasteiger partial charge on any atom is -0.392 e. The molecule has 0 fully saturated rings. The summed E-state index contributed by atoms with van der Waals surface area (Å²) in [6.45, 7) is 9.23. The number of aliphatic hydroxyl groups is 1. The maximum atomic E-state index is 9.16. The lowest BCUT2D eigenvalue weighted by atomic mass is 9.82. The summed E-state index contributed by atoms with van der Waals surface area (Å²) in [6.07, 6.45) is 1.21. The highest BCUT2D eigenvalue weighted by molar-refractivity contribution is 5.26. The number of rotatable bonds is 5. The molecule has 0 aliphatic carbocycles. The van der Waals surface area contributed by atoms with Crippen LogP contribution in [0.15, 0.2) is 24.3 Å². The molecule has 0 amide bonds. The quantitative estimate of drug-likeness (QED) is 0.796. The molecule has 1 atom stereocenters. The first kappa shape index (κ1) is 13.2. The Morgan fingerprint density at radius 2 is 1.81 bits per heavy atom. The van der Waals surface area contributed by atoms with E-state index in [1.165, 1.54) is 12.0 Å². The molecule has 0 radical (unpaired) electrons. The molecule has 1 nitrogen and oxygen atoms in total. The van der Waals surface area contributed by atoms with Crippen LogP contribution >= 0.6 is 0 Å². The van der Waals surface area contributed by atoms with E-state index in [0.29, 0.717) is 17.8 Å². The van der Waals surface area contributed by atoms with E-state index in [0.717, 1.165) is 5.56 Å².